The summed E-state index contributed by atoms with van der Waals surface area (Å²) in [5.41, 5.74) is 4.82. The normalized spacial score (nSPS) is 16.0. The summed E-state index contributed by atoms with van der Waals surface area (Å²) >= 11 is 0. The summed E-state index contributed by atoms with van der Waals surface area (Å²) in [5, 5.41) is 4.71. The molecule has 0 saturated carbocycles. The van der Waals surface area contributed by atoms with Crippen LogP contribution in [0.25, 0.3) is 16.9 Å². The smallest absolute Gasteiger partial charge is 0.310 e. The second-order valence-corrected chi connectivity index (χ2v) is 8.44. The molecule has 0 radical (unpaired) electrons. The predicted octanol–water partition coefficient (Wildman–Crippen LogP) is 4.71. The molecule has 1 atom stereocenters. The van der Waals surface area contributed by atoms with Gasteiger partial charge in [-0.05, 0) is 81.1 Å². The van der Waals surface area contributed by atoms with Crippen LogP contribution in [0.15, 0.2) is 48.5 Å². The van der Waals surface area contributed by atoms with Gasteiger partial charge in [0.15, 0.2) is 0 Å². The van der Waals surface area contributed by atoms with Gasteiger partial charge in [0.2, 0.25) is 0 Å². The number of rotatable bonds is 5. The molecule has 172 valence electrons. The van der Waals surface area contributed by atoms with Gasteiger partial charge in [-0.2, -0.15) is 5.10 Å². The Bertz CT molecular complexity index is 1170. The van der Waals surface area contributed by atoms with Crippen LogP contribution in [0, 0.1) is 25.6 Å². The van der Waals surface area contributed by atoms with Crippen LogP contribution in [-0.2, 0) is 9.53 Å². The van der Waals surface area contributed by atoms with Crippen LogP contribution >= 0.6 is 0 Å². The van der Waals surface area contributed by atoms with Crippen LogP contribution in [0.1, 0.15) is 41.4 Å². The van der Waals surface area contributed by atoms with E-state index in [1.807, 2.05) is 32.0 Å². The first-order valence-corrected chi connectivity index (χ1v) is 11.3. The molecule has 0 N–H and O–H groups in total. The Kier molecular flexibility index (Phi) is 6.58. The van der Waals surface area contributed by atoms with Gasteiger partial charge in [-0.3, -0.25) is 9.59 Å². The lowest BCUT2D eigenvalue weighted by molar-refractivity contribution is -0.149. The largest absolute Gasteiger partial charge is 0.466 e. The van der Waals surface area contributed by atoms with Crippen LogP contribution < -0.4 is 0 Å². The number of esters is 1. The van der Waals surface area contributed by atoms with Crippen LogP contribution in [0.2, 0.25) is 0 Å². The van der Waals surface area contributed by atoms with E-state index in [2.05, 4.69) is 0 Å². The van der Waals surface area contributed by atoms with Crippen LogP contribution in [0.4, 0.5) is 4.39 Å². The van der Waals surface area contributed by atoms with Crippen molar-refractivity contribution >= 4 is 11.9 Å². The highest BCUT2D eigenvalue weighted by molar-refractivity contribution is 5.95. The third-order valence-electron chi connectivity index (χ3n) is 6.13. The first-order chi connectivity index (χ1) is 15.9. The minimum absolute atomic E-state index is 0.212. The van der Waals surface area contributed by atoms with E-state index in [0.29, 0.717) is 43.2 Å². The van der Waals surface area contributed by atoms with Gasteiger partial charge >= 0.3 is 5.97 Å². The van der Waals surface area contributed by atoms with E-state index in [9.17, 15) is 14.0 Å². The molecule has 6 nitrogen and oxygen atoms in total. The minimum Gasteiger partial charge on any atom is -0.466 e. The molecule has 0 spiro atoms. The van der Waals surface area contributed by atoms with Gasteiger partial charge in [-0.25, -0.2) is 9.07 Å². The van der Waals surface area contributed by atoms with Crippen molar-refractivity contribution in [3.05, 3.63) is 71.2 Å². The summed E-state index contributed by atoms with van der Waals surface area (Å²) in [4.78, 5) is 27.5. The van der Waals surface area contributed by atoms with Crippen molar-refractivity contribution in [2.45, 2.75) is 33.6 Å². The second-order valence-electron chi connectivity index (χ2n) is 8.44. The van der Waals surface area contributed by atoms with Gasteiger partial charge in [0, 0.05) is 18.7 Å². The average Bonchev–Trinajstić information content (AvgIpc) is 3.26. The monoisotopic (exact) mass is 449 g/mol. The third-order valence-corrected chi connectivity index (χ3v) is 6.13. The van der Waals surface area contributed by atoms with Gasteiger partial charge in [-0.1, -0.05) is 12.1 Å². The van der Waals surface area contributed by atoms with E-state index in [1.54, 1.807) is 34.7 Å². The van der Waals surface area contributed by atoms with E-state index >= 15 is 0 Å². The Balaban J connectivity index is 1.71. The van der Waals surface area contributed by atoms with Crippen molar-refractivity contribution < 1.29 is 18.7 Å². The topological polar surface area (TPSA) is 64.4 Å². The standard InChI is InChI=1S/C26H28FN3O3/c1-4-33-26(32)20-6-5-13-29(16-20)25(31)24-15-23(19-8-7-17(2)18(3)14-19)28-30(24)22-11-9-21(27)10-12-22/h7-12,14-15,20H,4-6,13,16H2,1-3H3. The number of aryl methyl sites for hydroxylation is 2. The van der Waals surface area contributed by atoms with Crippen LogP contribution in [-0.4, -0.2) is 46.3 Å². The number of amides is 1. The highest BCUT2D eigenvalue weighted by atomic mass is 19.1. The number of carbonyl (C=O) groups is 2. The Morgan fingerprint density at radius 2 is 1.85 bits per heavy atom. The molecule has 1 saturated heterocycles. The van der Waals surface area contributed by atoms with Crippen molar-refractivity contribution in [2.75, 3.05) is 19.7 Å². The summed E-state index contributed by atoms with van der Waals surface area (Å²) in [6.07, 6.45) is 1.43. The first-order valence-electron chi connectivity index (χ1n) is 11.3. The summed E-state index contributed by atoms with van der Waals surface area (Å²) < 4.78 is 20.3. The number of nitrogens with zero attached hydrogens (tertiary/aromatic N) is 3. The Labute approximate surface area is 193 Å². The average molecular weight is 450 g/mol. The lowest BCUT2D eigenvalue weighted by atomic mass is 9.98. The molecule has 2 heterocycles. The van der Waals surface area contributed by atoms with Crippen molar-refractivity contribution in [1.29, 1.82) is 0 Å². The molecule has 1 aromatic heterocycles. The number of likely N-dealkylation sites (tertiary alicyclic amines) is 1. The number of hydrogen-bond donors (Lipinski definition) is 0. The summed E-state index contributed by atoms with van der Waals surface area (Å²) in [6.45, 7) is 7.04. The summed E-state index contributed by atoms with van der Waals surface area (Å²) in [6, 6.07) is 13.7. The molecule has 1 aliphatic rings. The molecule has 0 aliphatic carbocycles. The maximum absolute atomic E-state index is 13.6. The fraction of sp³-hybridized carbons (Fsp3) is 0.346. The lowest BCUT2D eigenvalue weighted by Gasteiger charge is -2.31. The minimum atomic E-state index is -0.360. The number of benzene rings is 2. The predicted molar refractivity (Wildman–Crippen MR) is 124 cm³/mol. The number of carbonyl (C=O) groups excluding carboxylic acids is 2. The van der Waals surface area contributed by atoms with Gasteiger partial charge in [0.25, 0.3) is 5.91 Å². The number of hydrogen-bond acceptors (Lipinski definition) is 4. The molecule has 7 heteroatoms. The quantitative estimate of drug-likeness (QED) is 0.529. The SMILES string of the molecule is CCOC(=O)C1CCCN(C(=O)c2cc(-c3ccc(C)c(C)c3)nn2-c2ccc(F)cc2)C1. The highest BCUT2D eigenvalue weighted by Gasteiger charge is 2.31. The molecule has 1 amide bonds. The molecule has 33 heavy (non-hydrogen) atoms. The van der Waals surface area contributed by atoms with E-state index in [4.69, 9.17) is 9.84 Å². The molecular formula is C26H28FN3O3. The lowest BCUT2D eigenvalue weighted by Crippen LogP contribution is -2.43. The van der Waals surface area contributed by atoms with Crippen molar-refractivity contribution in [3.63, 3.8) is 0 Å². The fourth-order valence-electron chi connectivity index (χ4n) is 4.13. The molecule has 4 rings (SSSR count). The Morgan fingerprint density at radius 3 is 2.55 bits per heavy atom. The van der Waals surface area contributed by atoms with Crippen LogP contribution in [0.5, 0.6) is 0 Å². The highest BCUT2D eigenvalue weighted by Crippen LogP contribution is 2.26. The summed E-state index contributed by atoms with van der Waals surface area (Å²) in [5.74, 6) is -1.17. The molecule has 3 aromatic rings. The zero-order valence-electron chi connectivity index (χ0n) is 19.2. The van der Waals surface area contributed by atoms with E-state index in [-0.39, 0.29) is 23.6 Å². The molecule has 1 fully saturated rings. The molecule has 2 aromatic carbocycles. The van der Waals surface area contributed by atoms with Crippen molar-refractivity contribution in [1.82, 2.24) is 14.7 Å². The third kappa shape index (κ3) is 4.82. The zero-order chi connectivity index (χ0) is 23.5. The number of piperidine rings is 1. The van der Waals surface area contributed by atoms with Crippen molar-refractivity contribution in [2.24, 2.45) is 5.92 Å². The maximum atomic E-state index is 13.6. The first kappa shape index (κ1) is 22.7. The van der Waals surface area contributed by atoms with Crippen molar-refractivity contribution in [3.8, 4) is 16.9 Å². The van der Waals surface area contributed by atoms with E-state index < -0.39 is 0 Å². The van der Waals surface area contributed by atoms with E-state index in [1.165, 1.54) is 17.7 Å². The number of aromatic nitrogens is 2. The second kappa shape index (κ2) is 9.57. The zero-order valence-corrected chi connectivity index (χ0v) is 19.2. The maximum Gasteiger partial charge on any atom is 0.310 e. The summed E-state index contributed by atoms with van der Waals surface area (Å²) in [7, 11) is 0. The Hall–Kier alpha value is -3.48. The Morgan fingerprint density at radius 1 is 1.09 bits per heavy atom. The van der Waals surface area contributed by atoms with Gasteiger partial charge in [0.05, 0.1) is 23.9 Å². The van der Waals surface area contributed by atoms with E-state index in [0.717, 1.165) is 17.5 Å². The molecule has 1 aliphatic heterocycles. The number of halogens is 1. The number of ether oxygens (including phenoxy) is 1. The van der Waals surface area contributed by atoms with Gasteiger partial charge < -0.3 is 9.64 Å². The molecular weight excluding hydrogens is 421 g/mol. The molecule has 0 bridgehead atoms. The van der Waals surface area contributed by atoms with Gasteiger partial charge in [-0.15, -0.1) is 0 Å². The molecule has 1 unspecified atom stereocenters. The fourth-order valence-corrected chi connectivity index (χ4v) is 4.13. The van der Waals surface area contributed by atoms with Gasteiger partial charge in [0.1, 0.15) is 11.5 Å². The van der Waals surface area contributed by atoms with Crippen LogP contribution in [0.3, 0.4) is 0 Å².